The monoisotopic (exact) mass is 154 g/mol. The second-order valence-electron chi connectivity index (χ2n) is 1.69. The Morgan fingerprint density at radius 2 is 1.86 bits per heavy atom. The fraction of sp³-hybridized carbons (Fsp3) is 1.00. The molecule has 3 heteroatoms. The molecule has 0 N–H and O–H groups in total. The van der Waals surface area contributed by atoms with E-state index in [-0.39, 0.29) is 4.08 Å². The molecule has 0 saturated carbocycles. The molecule has 0 heterocycles. The van der Waals surface area contributed by atoms with Crippen molar-refractivity contribution in [2.24, 2.45) is 0 Å². The van der Waals surface area contributed by atoms with Gasteiger partial charge in [-0.05, 0) is 19.1 Å². The van der Waals surface area contributed by atoms with Crippen molar-refractivity contribution in [1.29, 1.82) is 0 Å². The Kier molecular flexibility index (Phi) is 3.62. The molecule has 0 atom stereocenters. The Balaban J connectivity index is 3.15. The third kappa shape index (κ3) is 7.05. The third-order valence-corrected chi connectivity index (χ3v) is 1.26. The second kappa shape index (κ2) is 3.15. The first kappa shape index (κ1) is 8.05. The Bertz CT molecular complexity index is 45.4. The second-order valence-corrected chi connectivity index (χ2v) is 4.46. The van der Waals surface area contributed by atoms with Gasteiger partial charge in [0.1, 0.15) is 0 Å². The van der Waals surface area contributed by atoms with Gasteiger partial charge in [-0.15, -0.1) is 0 Å². The number of rotatable bonds is 2. The summed E-state index contributed by atoms with van der Waals surface area (Å²) in [6.07, 6.45) is 0.933. The van der Waals surface area contributed by atoms with Gasteiger partial charge >= 0.3 is 0 Å². The van der Waals surface area contributed by atoms with Crippen molar-refractivity contribution < 1.29 is 0 Å². The molecule has 0 amide bonds. The Labute approximate surface area is 61.3 Å². The van der Waals surface area contributed by atoms with Crippen molar-refractivity contribution in [2.75, 3.05) is 5.75 Å². The van der Waals surface area contributed by atoms with Crippen LogP contribution in [0.1, 0.15) is 13.3 Å². The van der Waals surface area contributed by atoms with Gasteiger partial charge in [0, 0.05) is 0 Å². The van der Waals surface area contributed by atoms with Crippen LogP contribution in [0.4, 0.5) is 0 Å². The maximum absolute atomic E-state index is 4.15. The number of thiol groups is 3. The van der Waals surface area contributed by atoms with Crippen LogP contribution in [-0.2, 0) is 0 Å². The zero-order valence-corrected chi connectivity index (χ0v) is 6.94. The van der Waals surface area contributed by atoms with E-state index in [2.05, 4.69) is 37.9 Å². The standard InChI is InChI=1S/C4H10S3/c1-4(6,7)2-3-5/h5-7H,2-3H2,1H3. The minimum Gasteiger partial charge on any atom is -0.179 e. The first-order valence-electron chi connectivity index (χ1n) is 2.12. The number of hydrogen-bond acceptors (Lipinski definition) is 3. The first-order valence-corrected chi connectivity index (χ1v) is 3.64. The average molecular weight is 154 g/mol. The maximum Gasteiger partial charge on any atom is 0.0531 e. The summed E-state index contributed by atoms with van der Waals surface area (Å²) >= 11 is 12.3. The van der Waals surface area contributed by atoms with Crippen LogP contribution in [-0.4, -0.2) is 9.83 Å². The molecule has 0 bridgehead atoms. The van der Waals surface area contributed by atoms with Crippen LogP contribution in [0.25, 0.3) is 0 Å². The highest BCUT2D eigenvalue weighted by Gasteiger charge is 2.09. The van der Waals surface area contributed by atoms with Gasteiger partial charge in [0.25, 0.3) is 0 Å². The zero-order valence-electron chi connectivity index (χ0n) is 4.26. The summed E-state index contributed by atoms with van der Waals surface area (Å²) in [7, 11) is 0. The van der Waals surface area contributed by atoms with E-state index in [4.69, 9.17) is 0 Å². The molecule has 0 aromatic heterocycles. The molecule has 0 nitrogen and oxygen atoms in total. The van der Waals surface area contributed by atoms with Gasteiger partial charge in [-0.25, -0.2) is 0 Å². The Morgan fingerprint density at radius 1 is 1.43 bits per heavy atom. The third-order valence-electron chi connectivity index (χ3n) is 0.585. The first-order chi connectivity index (χ1) is 3.06. The van der Waals surface area contributed by atoms with Crippen LogP contribution in [0.5, 0.6) is 0 Å². The summed E-state index contributed by atoms with van der Waals surface area (Å²) in [5, 5.41) is 0. The lowest BCUT2D eigenvalue weighted by atomic mass is 10.4. The number of hydrogen-bond donors (Lipinski definition) is 3. The van der Waals surface area contributed by atoms with Gasteiger partial charge in [0.2, 0.25) is 0 Å². The normalized spacial score (nSPS) is 12.0. The fourth-order valence-electron chi connectivity index (χ4n) is 0.212. The summed E-state index contributed by atoms with van der Waals surface area (Å²) in [5.74, 6) is 0.851. The van der Waals surface area contributed by atoms with Gasteiger partial charge in [0.05, 0.1) is 4.08 Å². The molecular weight excluding hydrogens is 144 g/mol. The van der Waals surface area contributed by atoms with Crippen molar-refractivity contribution >= 4 is 37.9 Å². The van der Waals surface area contributed by atoms with Gasteiger partial charge in [0.15, 0.2) is 0 Å². The van der Waals surface area contributed by atoms with E-state index in [1.807, 2.05) is 6.92 Å². The highest BCUT2D eigenvalue weighted by Crippen LogP contribution is 2.22. The van der Waals surface area contributed by atoms with Gasteiger partial charge in [-0.3, -0.25) is 0 Å². The molecule has 0 aliphatic carbocycles. The SMILES string of the molecule is CC(S)(S)CCS. The van der Waals surface area contributed by atoms with E-state index in [0.717, 1.165) is 12.2 Å². The van der Waals surface area contributed by atoms with Gasteiger partial charge in [-0.2, -0.15) is 37.9 Å². The molecular formula is C4H10S3. The summed E-state index contributed by atoms with van der Waals surface area (Å²) < 4.78 is -0.137. The summed E-state index contributed by atoms with van der Waals surface area (Å²) in [6.45, 7) is 1.95. The van der Waals surface area contributed by atoms with E-state index in [9.17, 15) is 0 Å². The van der Waals surface area contributed by atoms with Crippen molar-refractivity contribution in [3.63, 3.8) is 0 Å². The minimum absolute atomic E-state index is 0.137. The molecule has 0 radical (unpaired) electrons. The molecule has 0 fully saturated rings. The average Bonchev–Trinajstić information content (AvgIpc) is 1.30. The highest BCUT2D eigenvalue weighted by molar-refractivity contribution is 8.00. The van der Waals surface area contributed by atoms with Crippen molar-refractivity contribution in [3.05, 3.63) is 0 Å². The van der Waals surface area contributed by atoms with Gasteiger partial charge < -0.3 is 0 Å². The maximum atomic E-state index is 4.15. The smallest absolute Gasteiger partial charge is 0.0531 e. The van der Waals surface area contributed by atoms with Crippen LogP contribution >= 0.6 is 37.9 Å². The minimum atomic E-state index is -0.137. The Hall–Kier alpha value is 1.05. The van der Waals surface area contributed by atoms with Gasteiger partial charge in [-0.1, -0.05) is 0 Å². The predicted molar refractivity (Wildman–Crippen MR) is 44.8 cm³/mol. The molecule has 0 aliphatic heterocycles. The molecule has 0 rings (SSSR count). The largest absolute Gasteiger partial charge is 0.179 e. The highest BCUT2D eigenvalue weighted by atomic mass is 32.2. The molecule has 44 valence electrons. The molecule has 0 saturated heterocycles. The van der Waals surface area contributed by atoms with E-state index in [0.29, 0.717) is 0 Å². The van der Waals surface area contributed by atoms with Crippen molar-refractivity contribution in [3.8, 4) is 0 Å². The lowest BCUT2D eigenvalue weighted by Gasteiger charge is -2.12. The van der Waals surface area contributed by atoms with E-state index < -0.39 is 0 Å². The van der Waals surface area contributed by atoms with Crippen LogP contribution in [0.2, 0.25) is 0 Å². The van der Waals surface area contributed by atoms with E-state index in [1.165, 1.54) is 0 Å². The molecule has 0 aromatic carbocycles. The van der Waals surface area contributed by atoms with Crippen LogP contribution in [0.15, 0.2) is 0 Å². The summed E-state index contributed by atoms with van der Waals surface area (Å²) in [4.78, 5) is 0. The molecule has 0 aliphatic rings. The predicted octanol–water partition coefficient (Wildman–Crippen LogP) is 1.88. The summed E-state index contributed by atoms with van der Waals surface area (Å²) in [5.41, 5.74) is 0. The molecule has 0 unspecified atom stereocenters. The molecule has 0 aromatic rings. The topological polar surface area (TPSA) is 0 Å². The molecule has 7 heavy (non-hydrogen) atoms. The van der Waals surface area contributed by atoms with Crippen molar-refractivity contribution in [1.82, 2.24) is 0 Å². The van der Waals surface area contributed by atoms with E-state index >= 15 is 0 Å². The van der Waals surface area contributed by atoms with E-state index in [1.54, 1.807) is 0 Å². The quantitative estimate of drug-likeness (QED) is 0.392. The lowest BCUT2D eigenvalue weighted by molar-refractivity contribution is 0.873. The fourth-order valence-corrected chi connectivity index (χ4v) is 1.24. The van der Waals surface area contributed by atoms with Crippen molar-refractivity contribution in [2.45, 2.75) is 17.4 Å². The van der Waals surface area contributed by atoms with Crippen LogP contribution < -0.4 is 0 Å². The zero-order chi connectivity index (χ0) is 5.91. The molecule has 0 spiro atoms. The van der Waals surface area contributed by atoms with Crippen LogP contribution in [0, 0.1) is 0 Å². The van der Waals surface area contributed by atoms with Crippen LogP contribution in [0.3, 0.4) is 0 Å². The summed E-state index contributed by atoms with van der Waals surface area (Å²) in [6, 6.07) is 0. The lowest BCUT2D eigenvalue weighted by Crippen LogP contribution is -2.05. The Morgan fingerprint density at radius 3 is 1.86 bits per heavy atom.